The van der Waals surface area contributed by atoms with E-state index in [0.717, 1.165) is 42.7 Å². The summed E-state index contributed by atoms with van der Waals surface area (Å²) in [7, 11) is 0. The van der Waals surface area contributed by atoms with Crippen molar-refractivity contribution in [1.29, 1.82) is 0 Å². The van der Waals surface area contributed by atoms with Crippen molar-refractivity contribution in [2.24, 2.45) is 0 Å². The number of aliphatic hydroxyl groups excluding tert-OH is 1. The lowest BCUT2D eigenvalue weighted by molar-refractivity contribution is -0.165. The largest absolute Gasteiger partial charge is 0.491 e. The number of benzene rings is 2. The fourth-order valence-corrected chi connectivity index (χ4v) is 2.76. The maximum Gasteiger partial charge on any atom is 0.157 e. The number of hydrogen-bond acceptors (Lipinski definition) is 4. The first-order chi connectivity index (χ1) is 11.8. The fraction of sp³-hybridized carbons (Fsp3) is 0.400. The van der Waals surface area contributed by atoms with Gasteiger partial charge in [-0.15, -0.1) is 0 Å². The summed E-state index contributed by atoms with van der Waals surface area (Å²) in [6.07, 6.45) is 2.55. The molecule has 1 aliphatic rings. The molecule has 0 aromatic heterocycles. The quantitative estimate of drug-likeness (QED) is 0.788. The Morgan fingerprint density at radius 3 is 2.42 bits per heavy atom. The van der Waals surface area contributed by atoms with Crippen LogP contribution in [0.4, 0.5) is 0 Å². The SMILES string of the molecule is OC(c1ccccc1)c1ccc(OCCOC2CCCCO2)cc1. The molecule has 1 N–H and O–H groups in total. The van der Waals surface area contributed by atoms with E-state index in [0.29, 0.717) is 13.2 Å². The van der Waals surface area contributed by atoms with Crippen molar-refractivity contribution in [1.82, 2.24) is 0 Å². The molecular formula is C20H24O4. The van der Waals surface area contributed by atoms with Crippen molar-refractivity contribution in [2.45, 2.75) is 31.7 Å². The maximum atomic E-state index is 10.4. The van der Waals surface area contributed by atoms with Crippen molar-refractivity contribution >= 4 is 0 Å². The normalized spacial score (nSPS) is 19.0. The summed E-state index contributed by atoms with van der Waals surface area (Å²) >= 11 is 0. The molecule has 2 aromatic carbocycles. The molecular weight excluding hydrogens is 304 g/mol. The minimum absolute atomic E-state index is 0.0780. The summed E-state index contributed by atoms with van der Waals surface area (Å²) in [5.74, 6) is 0.771. The van der Waals surface area contributed by atoms with Gasteiger partial charge in [0, 0.05) is 6.61 Å². The molecule has 2 aromatic rings. The summed E-state index contributed by atoms with van der Waals surface area (Å²) < 4.78 is 16.8. The minimum atomic E-state index is -0.618. The molecule has 128 valence electrons. The van der Waals surface area contributed by atoms with E-state index in [1.165, 1.54) is 0 Å². The molecule has 2 atom stereocenters. The van der Waals surface area contributed by atoms with E-state index in [2.05, 4.69) is 0 Å². The molecule has 2 unspecified atom stereocenters. The van der Waals surface area contributed by atoms with Crippen LogP contribution in [-0.2, 0) is 9.47 Å². The Morgan fingerprint density at radius 2 is 1.71 bits per heavy atom. The summed E-state index contributed by atoms with van der Waals surface area (Å²) in [6.45, 7) is 1.79. The van der Waals surface area contributed by atoms with E-state index in [1.807, 2.05) is 54.6 Å². The first-order valence-corrected chi connectivity index (χ1v) is 8.52. The van der Waals surface area contributed by atoms with Gasteiger partial charge in [0.25, 0.3) is 0 Å². The van der Waals surface area contributed by atoms with Crippen molar-refractivity contribution in [3.63, 3.8) is 0 Å². The Balaban J connectivity index is 1.44. The van der Waals surface area contributed by atoms with Gasteiger partial charge in [0.15, 0.2) is 6.29 Å². The molecule has 0 bridgehead atoms. The summed E-state index contributed by atoms with van der Waals surface area (Å²) in [5.41, 5.74) is 1.73. The van der Waals surface area contributed by atoms with Gasteiger partial charge in [-0.05, 0) is 42.5 Å². The molecule has 1 fully saturated rings. The predicted octanol–water partition coefficient (Wildman–Crippen LogP) is 3.69. The minimum Gasteiger partial charge on any atom is -0.491 e. The Morgan fingerprint density at radius 1 is 0.958 bits per heavy atom. The molecule has 4 heteroatoms. The topological polar surface area (TPSA) is 47.9 Å². The summed E-state index contributed by atoms with van der Waals surface area (Å²) in [5, 5.41) is 10.4. The first kappa shape index (κ1) is 17.0. The van der Waals surface area contributed by atoms with E-state index in [1.54, 1.807) is 0 Å². The number of hydrogen-bond donors (Lipinski definition) is 1. The van der Waals surface area contributed by atoms with Crippen LogP contribution in [0.15, 0.2) is 54.6 Å². The van der Waals surface area contributed by atoms with Crippen molar-refractivity contribution in [3.05, 3.63) is 65.7 Å². The molecule has 0 spiro atoms. The third kappa shape index (κ3) is 4.81. The van der Waals surface area contributed by atoms with E-state index in [9.17, 15) is 5.11 Å². The predicted molar refractivity (Wildman–Crippen MR) is 92.0 cm³/mol. The maximum absolute atomic E-state index is 10.4. The van der Waals surface area contributed by atoms with E-state index in [4.69, 9.17) is 14.2 Å². The molecule has 0 radical (unpaired) electrons. The monoisotopic (exact) mass is 328 g/mol. The van der Waals surface area contributed by atoms with Crippen LogP contribution in [0.1, 0.15) is 36.5 Å². The van der Waals surface area contributed by atoms with Gasteiger partial charge in [-0.3, -0.25) is 0 Å². The molecule has 0 saturated carbocycles. The van der Waals surface area contributed by atoms with Crippen LogP contribution in [0.3, 0.4) is 0 Å². The fourth-order valence-electron chi connectivity index (χ4n) is 2.76. The Hall–Kier alpha value is -1.88. The average Bonchev–Trinajstić information content (AvgIpc) is 2.67. The van der Waals surface area contributed by atoms with Crippen LogP contribution >= 0.6 is 0 Å². The molecule has 4 nitrogen and oxygen atoms in total. The van der Waals surface area contributed by atoms with E-state index >= 15 is 0 Å². The number of ether oxygens (including phenoxy) is 3. The molecule has 1 saturated heterocycles. The van der Waals surface area contributed by atoms with Crippen LogP contribution in [0.2, 0.25) is 0 Å². The van der Waals surface area contributed by atoms with Crippen LogP contribution in [0.5, 0.6) is 5.75 Å². The third-order valence-electron chi connectivity index (χ3n) is 4.10. The van der Waals surface area contributed by atoms with Gasteiger partial charge in [-0.25, -0.2) is 0 Å². The molecule has 1 aliphatic heterocycles. The number of rotatable bonds is 7. The summed E-state index contributed by atoms with van der Waals surface area (Å²) in [4.78, 5) is 0. The van der Waals surface area contributed by atoms with Gasteiger partial charge in [0.1, 0.15) is 18.5 Å². The lowest BCUT2D eigenvalue weighted by Crippen LogP contribution is -2.24. The van der Waals surface area contributed by atoms with Gasteiger partial charge in [0.05, 0.1) is 6.61 Å². The van der Waals surface area contributed by atoms with Crippen LogP contribution in [-0.4, -0.2) is 31.2 Å². The third-order valence-corrected chi connectivity index (χ3v) is 4.10. The van der Waals surface area contributed by atoms with Gasteiger partial charge < -0.3 is 19.3 Å². The second kappa shape index (κ2) is 8.83. The highest BCUT2D eigenvalue weighted by Gasteiger charge is 2.13. The highest BCUT2D eigenvalue weighted by molar-refractivity contribution is 5.33. The van der Waals surface area contributed by atoms with Crippen molar-refractivity contribution < 1.29 is 19.3 Å². The van der Waals surface area contributed by atoms with Crippen LogP contribution < -0.4 is 4.74 Å². The van der Waals surface area contributed by atoms with Crippen molar-refractivity contribution in [3.8, 4) is 5.75 Å². The zero-order valence-electron chi connectivity index (χ0n) is 13.8. The Kier molecular flexibility index (Phi) is 6.24. The van der Waals surface area contributed by atoms with Gasteiger partial charge >= 0.3 is 0 Å². The average molecular weight is 328 g/mol. The molecule has 3 rings (SSSR count). The Labute approximate surface area is 143 Å². The van der Waals surface area contributed by atoms with Gasteiger partial charge in [-0.2, -0.15) is 0 Å². The first-order valence-electron chi connectivity index (χ1n) is 8.52. The van der Waals surface area contributed by atoms with Crippen molar-refractivity contribution in [2.75, 3.05) is 19.8 Å². The second-order valence-electron chi connectivity index (χ2n) is 5.90. The standard InChI is InChI=1S/C20H24O4/c21-20(16-6-2-1-3-7-16)17-9-11-18(12-10-17)22-14-15-24-19-8-4-5-13-23-19/h1-3,6-7,9-12,19-21H,4-5,8,13-15H2. The van der Waals surface area contributed by atoms with Gasteiger partial charge in [0.2, 0.25) is 0 Å². The lowest BCUT2D eigenvalue weighted by atomic mass is 10.0. The number of aliphatic hydroxyl groups is 1. The highest BCUT2D eigenvalue weighted by atomic mass is 16.7. The Bertz CT molecular complexity index is 591. The van der Waals surface area contributed by atoms with E-state index in [-0.39, 0.29) is 6.29 Å². The molecule has 24 heavy (non-hydrogen) atoms. The molecule has 1 heterocycles. The molecule has 0 amide bonds. The highest BCUT2D eigenvalue weighted by Crippen LogP contribution is 2.23. The molecule has 0 aliphatic carbocycles. The van der Waals surface area contributed by atoms with E-state index < -0.39 is 6.10 Å². The van der Waals surface area contributed by atoms with Crippen LogP contribution in [0, 0.1) is 0 Å². The van der Waals surface area contributed by atoms with Crippen LogP contribution in [0.25, 0.3) is 0 Å². The second-order valence-corrected chi connectivity index (χ2v) is 5.90. The summed E-state index contributed by atoms with van der Waals surface area (Å²) in [6, 6.07) is 17.1. The smallest absolute Gasteiger partial charge is 0.157 e. The zero-order chi connectivity index (χ0) is 16.6. The lowest BCUT2D eigenvalue weighted by Gasteiger charge is -2.22. The zero-order valence-corrected chi connectivity index (χ0v) is 13.8. The van der Waals surface area contributed by atoms with Gasteiger partial charge in [-0.1, -0.05) is 42.5 Å².